The van der Waals surface area contributed by atoms with Gasteiger partial charge in [-0.3, -0.25) is 20.2 Å². The normalized spacial score (nSPS) is 11.7. The van der Waals surface area contributed by atoms with Crippen LogP contribution in [0.25, 0.3) is 0 Å². The van der Waals surface area contributed by atoms with Gasteiger partial charge in [-0.05, 0) is 0 Å². The summed E-state index contributed by atoms with van der Waals surface area (Å²) in [6, 6.07) is 1.40. The van der Waals surface area contributed by atoms with Crippen molar-refractivity contribution in [2.24, 2.45) is 0 Å². The Morgan fingerprint density at radius 1 is 1.29 bits per heavy atom. The molecule has 1 rings (SSSR count). The van der Waals surface area contributed by atoms with E-state index in [1.807, 2.05) is 0 Å². The molecule has 1 unspecified atom stereocenters. The molecule has 0 spiro atoms. The van der Waals surface area contributed by atoms with Crippen molar-refractivity contribution in [2.75, 3.05) is 17.7 Å². The second-order valence-corrected chi connectivity index (χ2v) is 4.21. The van der Waals surface area contributed by atoms with Gasteiger partial charge in [0.05, 0.1) is 27.4 Å². The van der Waals surface area contributed by atoms with Crippen molar-refractivity contribution in [3.05, 3.63) is 37.9 Å². The van der Waals surface area contributed by atoms with Crippen molar-refractivity contribution in [1.82, 2.24) is 0 Å². The molecular weight excluding hydrogens is 310 g/mol. The van der Waals surface area contributed by atoms with E-state index in [2.05, 4.69) is 5.32 Å². The van der Waals surface area contributed by atoms with Crippen molar-refractivity contribution in [3.8, 4) is 0 Å². The summed E-state index contributed by atoms with van der Waals surface area (Å²) in [5, 5.41) is 42.4. The number of carboxylic acid groups (broad SMARTS) is 1. The Bertz CT molecular complexity index is 557. The van der Waals surface area contributed by atoms with Gasteiger partial charge in [-0.15, -0.1) is 11.6 Å². The average molecular weight is 320 g/mol. The zero-order chi connectivity index (χ0) is 16.2. The van der Waals surface area contributed by atoms with Crippen LogP contribution in [-0.2, 0) is 0 Å². The highest BCUT2D eigenvalue weighted by Gasteiger charge is 2.28. The number of aliphatic hydroxyl groups is 1. The molecule has 114 valence electrons. The Balaban J connectivity index is 3.39. The lowest BCUT2D eigenvalue weighted by Gasteiger charge is -2.11. The molecule has 3 N–H and O–H groups in total. The van der Waals surface area contributed by atoms with E-state index in [0.717, 1.165) is 0 Å². The Hall–Kier alpha value is -2.46. The van der Waals surface area contributed by atoms with Gasteiger partial charge in [-0.2, -0.15) is 0 Å². The molecule has 0 bridgehead atoms. The smallest absolute Gasteiger partial charge is 0.336 e. The van der Waals surface area contributed by atoms with E-state index >= 15 is 0 Å². The van der Waals surface area contributed by atoms with Crippen LogP contribution in [0, 0.1) is 20.2 Å². The molecule has 0 aliphatic carbocycles. The van der Waals surface area contributed by atoms with Crippen LogP contribution >= 0.6 is 11.6 Å². The third-order valence-electron chi connectivity index (χ3n) is 2.43. The van der Waals surface area contributed by atoms with Gasteiger partial charge in [0.15, 0.2) is 5.69 Å². The lowest BCUT2D eigenvalue weighted by atomic mass is 10.1. The molecule has 0 aromatic heterocycles. The molecule has 0 saturated carbocycles. The predicted molar refractivity (Wildman–Crippen MR) is 71.9 cm³/mol. The number of alkyl halides is 1. The van der Waals surface area contributed by atoms with Gasteiger partial charge < -0.3 is 15.5 Å². The summed E-state index contributed by atoms with van der Waals surface area (Å²) in [6.45, 7) is -0.266. The van der Waals surface area contributed by atoms with Gasteiger partial charge in [-0.25, -0.2) is 4.79 Å². The molecule has 0 saturated heterocycles. The number of nitrogens with one attached hydrogen (secondary N) is 1. The minimum Gasteiger partial charge on any atom is -0.478 e. The number of rotatable bonds is 7. The predicted octanol–water partition coefficient (Wildman–Crippen LogP) is 1.21. The summed E-state index contributed by atoms with van der Waals surface area (Å²) in [5.41, 5.74) is -2.62. The molecule has 10 nitrogen and oxygen atoms in total. The van der Waals surface area contributed by atoms with Crippen molar-refractivity contribution in [3.63, 3.8) is 0 Å². The highest BCUT2D eigenvalue weighted by molar-refractivity contribution is 6.18. The Labute approximate surface area is 122 Å². The number of aliphatic hydroxyl groups excluding tert-OH is 1. The number of nitro groups is 2. The molecule has 1 atom stereocenters. The number of carbonyl (C=O) groups is 1. The third-order valence-corrected chi connectivity index (χ3v) is 2.79. The minimum absolute atomic E-state index is 0.179. The second-order valence-electron chi connectivity index (χ2n) is 3.90. The number of aromatic carboxylic acids is 1. The topological polar surface area (TPSA) is 156 Å². The molecule has 21 heavy (non-hydrogen) atoms. The van der Waals surface area contributed by atoms with Crippen LogP contribution < -0.4 is 5.32 Å². The van der Waals surface area contributed by atoms with Gasteiger partial charge in [0.1, 0.15) is 0 Å². The van der Waals surface area contributed by atoms with Gasteiger partial charge in [0, 0.05) is 18.7 Å². The van der Waals surface area contributed by atoms with Gasteiger partial charge in [-0.1, -0.05) is 0 Å². The highest BCUT2D eigenvalue weighted by atomic mass is 35.5. The molecule has 1 aromatic rings. The fourth-order valence-corrected chi connectivity index (χ4v) is 1.59. The Morgan fingerprint density at radius 3 is 2.10 bits per heavy atom. The van der Waals surface area contributed by atoms with Crippen LogP contribution in [0.3, 0.4) is 0 Å². The van der Waals surface area contributed by atoms with Crippen molar-refractivity contribution in [2.45, 2.75) is 6.10 Å². The number of hydrogen-bond donors (Lipinski definition) is 3. The Kier molecular flexibility index (Phi) is 5.38. The van der Waals surface area contributed by atoms with Crippen LogP contribution in [0.5, 0.6) is 0 Å². The van der Waals surface area contributed by atoms with Crippen LogP contribution in [-0.4, -0.2) is 44.6 Å². The first-order chi connectivity index (χ1) is 9.77. The summed E-state index contributed by atoms with van der Waals surface area (Å²) in [7, 11) is 0. The van der Waals surface area contributed by atoms with Crippen molar-refractivity contribution < 1.29 is 24.9 Å². The quantitative estimate of drug-likeness (QED) is 0.384. The maximum atomic E-state index is 10.9. The number of nitrogens with zero attached hydrogens (tertiary/aromatic N) is 2. The monoisotopic (exact) mass is 319 g/mol. The average Bonchev–Trinajstić information content (AvgIpc) is 2.43. The van der Waals surface area contributed by atoms with Crippen molar-refractivity contribution in [1.29, 1.82) is 0 Å². The number of nitro benzene ring substituents is 2. The zero-order valence-electron chi connectivity index (χ0n) is 10.4. The van der Waals surface area contributed by atoms with E-state index in [-0.39, 0.29) is 12.4 Å². The number of hydrogen-bond acceptors (Lipinski definition) is 7. The van der Waals surface area contributed by atoms with Gasteiger partial charge in [0.25, 0.3) is 11.4 Å². The van der Waals surface area contributed by atoms with E-state index in [4.69, 9.17) is 16.7 Å². The molecule has 1 aromatic carbocycles. The summed E-state index contributed by atoms with van der Waals surface area (Å²) in [5.74, 6) is -1.71. The standard InChI is InChI=1S/C10H10ClN3O7/c11-3-6(15)4-12-9-7(13(18)19)1-5(10(16)17)2-8(9)14(20)21/h1-2,6,12,15H,3-4H2,(H,16,17). The van der Waals surface area contributed by atoms with E-state index in [1.165, 1.54) is 0 Å². The fourth-order valence-electron chi connectivity index (χ4n) is 1.48. The molecule has 0 heterocycles. The van der Waals surface area contributed by atoms with Gasteiger partial charge >= 0.3 is 5.97 Å². The minimum atomic E-state index is -1.53. The number of benzene rings is 1. The van der Waals surface area contributed by atoms with Crippen LogP contribution in [0.2, 0.25) is 0 Å². The molecule has 0 radical (unpaired) electrons. The van der Waals surface area contributed by atoms with E-state index < -0.39 is 44.5 Å². The first-order valence-corrected chi connectivity index (χ1v) is 5.99. The molecular formula is C10H10ClN3O7. The van der Waals surface area contributed by atoms with Crippen LogP contribution in [0.15, 0.2) is 12.1 Å². The summed E-state index contributed by atoms with van der Waals surface area (Å²) in [6.07, 6.45) is -1.08. The number of halogens is 1. The lowest BCUT2D eigenvalue weighted by molar-refractivity contribution is -0.392. The van der Waals surface area contributed by atoms with Gasteiger partial charge in [0.2, 0.25) is 0 Å². The summed E-state index contributed by atoms with van der Waals surface area (Å²) < 4.78 is 0. The SMILES string of the molecule is O=C(O)c1cc([N+](=O)[O-])c(NCC(O)CCl)c([N+](=O)[O-])c1. The second kappa shape index (κ2) is 6.81. The first-order valence-electron chi connectivity index (χ1n) is 5.46. The van der Waals surface area contributed by atoms with E-state index in [9.17, 15) is 30.1 Å². The number of carboxylic acids is 1. The largest absolute Gasteiger partial charge is 0.478 e. The number of anilines is 1. The highest BCUT2D eigenvalue weighted by Crippen LogP contribution is 2.35. The van der Waals surface area contributed by atoms with Crippen molar-refractivity contribution >= 4 is 34.6 Å². The first kappa shape index (κ1) is 16.6. The van der Waals surface area contributed by atoms with E-state index in [1.54, 1.807) is 0 Å². The maximum absolute atomic E-state index is 10.9. The molecule has 11 heteroatoms. The van der Waals surface area contributed by atoms with Crippen LogP contribution in [0.4, 0.5) is 17.1 Å². The summed E-state index contributed by atoms with van der Waals surface area (Å²) >= 11 is 5.35. The Morgan fingerprint density at radius 2 is 1.76 bits per heavy atom. The lowest BCUT2D eigenvalue weighted by Crippen LogP contribution is -2.22. The molecule has 0 aliphatic rings. The van der Waals surface area contributed by atoms with E-state index in [0.29, 0.717) is 12.1 Å². The van der Waals surface area contributed by atoms with Crippen LogP contribution in [0.1, 0.15) is 10.4 Å². The molecule has 0 amide bonds. The summed E-state index contributed by atoms with van der Waals surface area (Å²) in [4.78, 5) is 30.8. The maximum Gasteiger partial charge on any atom is 0.336 e. The zero-order valence-corrected chi connectivity index (χ0v) is 11.1. The molecule has 0 aliphatic heterocycles. The molecule has 0 fully saturated rings. The fraction of sp³-hybridized carbons (Fsp3) is 0.300. The third kappa shape index (κ3) is 4.00.